The van der Waals surface area contributed by atoms with Crippen LogP contribution in [0.1, 0.15) is 0 Å². The molecule has 0 aliphatic heterocycles. The number of quaternary nitrogens is 1. The van der Waals surface area contributed by atoms with Crippen molar-refractivity contribution < 1.29 is 32.9 Å². The van der Waals surface area contributed by atoms with Gasteiger partial charge < -0.3 is 23.5 Å². The van der Waals surface area contributed by atoms with Crippen LogP contribution in [0.15, 0.2) is 5.11 Å². The maximum Gasteiger partial charge on any atom is 0.314 e. The number of carboxylic acids is 1. The molecule has 0 aromatic carbocycles. The monoisotopic (exact) mass is 296 g/mol. The lowest BCUT2D eigenvalue weighted by atomic mass is 10.3. The van der Waals surface area contributed by atoms with Crippen LogP contribution in [-0.4, -0.2) is 62.5 Å². The van der Waals surface area contributed by atoms with Gasteiger partial charge in [-0.3, -0.25) is 9.36 Å². The number of phosphoric ester groups is 1. The van der Waals surface area contributed by atoms with E-state index in [1.807, 2.05) is 21.1 Å². The third kappa shape index (κ3) is 9.43. The lowest BCUT2D eigenvalue weighted by Gasteiger charge is -2.27. The second kappa shape index (κ2) is 7.44. The average molecular weight is 296 g/mol. The van der Waals surface area contributed by atoms with Gasteiger partial charge >= 0.3 is 5.97 Å². The summed E-state index contributed by atoms with van der Waals surface area (Å²) >= 11 is 0. The summed E-state index contributed by atoms with van der Waals surface area (Å²) in [5.74, 6) is -1.48. The highest BCUT2D eigenvalue weighted by molar-refractivity contribution is 7.45. The van der Waals surface area contributed by atoms with Crippen LogP contribution in [0.4, 0.5) is 0 Å². The third-order valence-corrected chi connectivity index (χ3v) is 2.84. The quantitative estimate of drug-likeness (QED) is 0.208. The fourth-order valence-corrected chi connectivity index (χ4v) is 1.55. The zero-order chi connectivity index (χ0) is 15.1. The standard InChI is InChI=1S/C8H17N4O6P/c1-12(2,3)4-5-17-19(15,16)18-6-7(8(13)14)10-11-9/h7H,4-6H2,1-3H3,(H-,13,14,15,16)/t7-/m0/s1. The van der Waals surface area contributed by atoms with Gasteiger partial charge in [-0.2, -0.15) is 0 Å². The van der Waals surface area contributed by atoms with E-state index in [1.165, 1.54) is 0 Å². The van der Waals surface area contributed by atoms with E-state index < -0.39 is 26.4 Å². The summed E-state index contributed by atoms with van der Waals surface area (Å²) in [5, 5.41) is 11.5. The highest BCUT2D eigenvalue weighted by Crippen LogP contribution is 2.38. The number of carboxylic acid groups (broad SMARTS) is 1. The van der Waals surface area contributed by atoms with Crippen molar-refractivity contribution in [1.82, 2.24) is 0 Å². The molecule has 0 bridgehead atoms. The van der Waals surface area contributed by atoms with E-state index >= 15 is 0 Å². The molecule has 0 aliphatic carbocycles. The minimum atomic E-state index is -4.60. The Hall–Kier alpha value is -1.15. The molecule has 10 nitrogen and oxygen atoms in total. The maximum absolute atomic E-state index is 11.3. The molecule has 0 spiro atoms. The Bertz CT molecular complexity index is 401. The lowest BCUT2D eigenvalue weighted by Crippen LogP contribution is -2.37. The maximum atomic E-state index is 11.3. The van der Waals surface area contributed by atoms with Gasteiger partial charge in [-0.05, 0) is 5.53 Å². The number of hydrogen-bond acceptors (Lipinski definition) is 6. The van der Waals surface area contributed by atoms with Crippen molar-refractivity contribution in [3.8, 4) is 0 Å². The van der Waals surface area contributed by atoms with Gasteiger partial charge in [0.25, 0.3) is 7.82 Å². The summed E-state index contributed by atoms with van der Waals surface area (Å²) in [6.45, 7) is -0.470. The summed E-state index contributed by atoms with van der Waals surface area (Å²) in [6, 6.07) is -1.62. The first-order chi connectivity index (χ1) is 8.57. The molecular formula is C8H17N4O6P. The molecule has 0 fully saturated rings. The van der Waals surface area contributed by atoms with Crippen LogP contribution in [0.5, 0.6) is 0 Å². The molecule has 110 valence electrons. The first-order valence-electron chi connectivity index (χ1n) is 5.25. The van der Waals surface area contributed by atoms with Gasteiger partial charge in [0.05, 0.1) is 27.7 Å². The molecule has 0 heterocycles. The number of phosphoric acid groups is 1. The lowest BCUT2D eigenvalue weighted by molar-refractivity contribution is -0.870. The smallest absolute Gasteiger partial charge is 0.314 e. The second-order valence-corrected chi connectivity index (χ2v) is 6.06. The van der Waals surface area contributed by atoms with Gasteiger partial charge in [0.1, 0.15) is 13.2 Å². The Morgan fingerprint density at radius 2 is 2.11 bits per heavy atom. The van der Waals surface area contributed by atoms with Gasteiger partial charge in [0.2, 0.25) is 0 Å². The molecule has 11 heteroatoms. The summed E-state index contributed by atoms with van der Waals surface area (Å²) in [4.78, 5) is 24.1. The van der Waals surface area contributed by atoms with Crippen LogP contribution in [0.2, 0.25) is 0 Å². The molecule has 2 atom stereocenters. The van der Waals surface area contributed by atoms with Gasteiger partial charge in [-0.15, -0.1) is 0 Å². The van der Waals surface area contributed by atoms with Crippen LogP contribution in [0.3, 0.4) is 0 Å². The first kappa shape index (κ1) is 17.8. The van der Waals surface area contributed by atoms with Crippen molar-refractivity contribution in [1.29, 1.82) is 0 Å². The molecular weight excluding hydrogens is 279 g/mol. The Morgan fingerprint density at radius 3 is 2.53 bits per heavy atom. The van der Waals surface area contributed by atoms with Crippen molar-refractivity contribution in [2.45, 2.75) is 6.04 Å². The average Bonchev–Trinajstić information content (AvgIpc) is 2.21. The second-order valence-electron chi connectivity index (χ2n) is 4.65. The van der Waals surface area contributed by atoms with Crippen LogP contribution < -0.4 is 4.89 Å². The number of rotatable bonds is 9. The van der Waals surface area contributed by atoms with Crippen LogP contribution in [-0.2, 0) is 18.4 Å². The summed E-state index contributed by atoms with van der Waals surface area (Å²) in [5.41, 5.74) is 8.10. The molecule has 0 saturated carbocycles. The fraction of sp³-hybridized carbons (Fsp3) is 0.875. The Kier molecular flexibility index (Phi) is 6.99. The first-order valence-corrected chi connectivity index (χ1v) is 6.71. The zero-order valence-corrected chi connectivity index (χ0v) is 11.8. The molecule has 0 aliphatic rings. The number of nitrogens with zero attached hydrogens (tertiary/aromatic N) is 4. The van der Waals surface area contributed by atoms with E-state index in [0.717, 1.165) is 0 Å². The summed E-state index contributed by atoms with van der Waals surface area (Å²) in [6.07, 6.45) is 0. The highest BCUT2D eigenvalue weighted by atomic mass is 31.2. The fourth-order valence-electron chi connectivity index (χ4n) is 0.842. The number of carbonyl (C=O) groups is 1. The van der Waals surface area contributed by atoms with E-state index in [9.17, 15) is 14.3 Å². The van der Waals surface area contributed by atoms with Gasteiger partial charge in [-0.1, -0.05) is 5.11 Å². The van der Waals surface area contributed by atoms with Gasteiger partial charge in [0.15, 0.2) is 6.04 Å². The molecule has 19 heavy (non-hydrogen) atoms. The third-order valence-electron chi connectivity index (χ3n) is 1.88. The van der Waals surface area contributed by atoms with Gasteiger partial charge in [0, 0.05) is 4.91 Å². The normalized spacial score (nSPS) is 16.2. The van der Waals surface area contributed by atoms with Crippen LogP contribution in [0.25, 0.3) is 10.4 Å². The Labute approximate surface area is 110 Å². The zero-order valence-electron chi connectivity index (χ0n) is 10.9. The molecule has 0 aromatic heterocycles. The van der Waals surface area contributed by atoms with E-state index in [-0.39, 0.29) is 6.61 Å². The summed E-state index contributed by atoms with van der Waals surface area (Å²) < 4.78 is 20.7. The predicted octanol–water partition coefficient (Wildman–Crippen LogP) is -0.0423. The van der Waals surface area contributed by atoms with Crippen LogP contribution in [0, 0.1) is 0 Å². The number of azide groups is 1. The minimum Gasteiger partial charge on any atom is -0.756 e. The highest BCUT2D eigenvalue weighted by Gasteiger charge is 2.20. The molecule has 0 aromatic rings. The van der Waals surface area contributed by atoms with Crippen molar-refractivity contribution in [2.24, 2.45) is 5.11 Å². The molecule has 0 saturated heterocycles. The number of aliphatic carboxylic acids is 1. The van der Waals surface area contributed by atoms with Crippen molar-refractivity contribution in [3.63, 3.8) is 0 Å². The predicted molar refractivity (Wildman–Crippen MR) is 63.0 cm³/mol. The number of hydrogen-bond donors (Lipinski definition) is 1. The largest absolute Gasteiger partial charge is 0.756 e. The molecule has 0 radical (unpaired) electrons. The Balaban J connectivity index is 4.26. The van der Waals surface area contributed by atoms with E-state index in [0.29, 0.717) is 11.0 Å². The summed E-state index contributed by atoms with van der Waals surface area (Å²) in [7, 11) is 0.945. The van der Waals surface area contributed by atoms with E-state index in [1.54, 1.807) is 0 Å². The van der Waals surface area contributed by atoms with Crippen molar-refractivity contribution >= 4 is 13.8 Å². The number of likely N-dealkylation sites (N-methyl/N-ethyl adjacent to an activating group) is 1. The molecule has 1 unspecified atom stereocenters. The van der Waals surface area contributed by atoms with E-state index in [2.05, 4.69) is 19.1 Å². The van der Waals surface area contributed by atoms with E-state index in [4.69, 9.17) is 10.6 Å². The minimum absolute atomic E-state index is 0.0937. The van der Waals surface area contributed by atoms with Gasteiger partial charge in [-0.25, -0.2) is 0 Å². The van der Waals surface area contributed by atoms with Crippen LogP contribution >= 0.6 is 7.82 Å². The SMILES string of the molecule is C[N+](C)(C)CCOP(=O)([O-])OC[C@H](N=[N+]=[N-])C(=O)O. The molecule has 1 N–H and O–H groups in total. The van der Waals surface area contributed by atoms with Crippen molar-refractivity contribution in [3.05, 3.63) is 10.4 Å². The molecule has 0 rings (SSSR count). The Morgan fingerprint density at radius 1 is 1.53 bits per heavy atom. The van der Waals surface area contributed by atoms with Crippen molar-refractivity contribution in [2.75, 3.05) is 40.9 Å². The molecule has 0 amide bonds. The topological polar surface area (TPSA) is 145 Å².